The third kappa shape index (κ3) is 3.45. The molecule has 1 saturated heterocycles. The number of thiocarbonyl (C=S) groups is 1. The van der Waals surface area contributed by atoms with Gasteiger partial charge in [-0.05, 0) is 57.9 Å². The van der Waals surface area contributed by atoms with Crippen molar-refractivity contribution in [1.82, 2.24) is 0 Å². The zero-order chi connectivity index (χ0) is 16.6. The summed E-state index contributed by atoms with van der Waals surface area (Å²) in [6.07, 6.45) is 1.74. The first kappa shape index (κ1) is 16.5. The van der Waals surface area contributed by atoms with E-state index in [-0.39, 0.29) is 11.7 Å². The molecule has 0 radical (unpaired) electrons. The zero-order valence-corrected chi connectivity index (χ0v) is 15.5. The van der Waals surface area contributed by atoms with Crippen molar-refractivity contribution in [3.63, 3.8) is 0 Å². The van der Waals surface area contributed by atoms with E-state index >= 15 is 0 Å². The molecule has 0 bridgehead atoms. The zero-order valence-electron chi connectivity index (χ0n) is 11.5. The molecule has 23 heavy (non-hydrogen) atoms. The average molecular weight is 427 g/mol. The van der Waals surface area contributed by atoms with Gasteiger partial charge in [-0.15, -0.1) is 0 Å². The summed E-state index contributed by atoms with van der Waals surface area (Å²) < 4.78 is 1.03. The lowest BCUT2D eigenvalue weighted by Crippen LogP contribution is -2.27. The van der Waals surface area contributed by atoms with Crippen LogP contribution in [0.5, 0.6) is 5.75 Å². The average Bonchev–Trinajstić information content (AvgIpc) is 2.77. The van der Waals surface area contributed by atoms with Gasteiger partial charge in [0, 0.05) is 5.02 Å². The highest BCUT2D eigenvalue weighted by molar-refractivity contribution is 9.10. The van der Waals surface area contributed by atoms with E-state index in [1.54, 1.807) is 48.5 Å². The van der Waals surface area contributed by atoms with Gasteiger partial charge < -0.3 is 5.11 Å². The van der Waals surface area contributed by atoms with Crippen LogP contribution in [0.2, 0.25) is 5.02 Å². The largest absolute Gasteiger partial charge is 0.507 e. The van der Waals surface area contributed by atoms with Gasteiger partial charge in [-0.1, -0.05) is 47.7 Å². The molecule has 3 rings (SSSR count). The number of carbonyl (C=O) groups is 1. The van der Waals surface area contributed by atoms with Gasteiger partial charge in [0.25, 0.3) is 5.91 Å². The van der Waals surface area contributed by atoms with Crippen LogP contribution in [-0.4, -0.2) is 15.3 Å². The Balaban J connectivity index is 1.94. The van der Waals surface area contributed by atoms with Crippen molar-refractivity contribution < 1.29 is 9.90 Å². The number of anilines is 1. The minimum Gasteiger partial charge on any atom is -0.507 e. The van der Waals surface area contributed by atoms with Gasteiger partial charge in [-0.3, -0.25) is 9.69 Å². The molecule has 1 amide bonds. The number of phenols is 1. The van der Waals surface area contributed by atoms with Crippen LogP contribution in [-0.2, 0) is 4.79 Å². The molecule has 1 aliphatic heterocycles. The molecule has 3 nitrogen and oxygen atoms in total. The number of benzene rings is 2. The number of rotatable bonds is 2. The van der Waals surface area contributed by atoms with Gasteiger partial charge in [0.15, 0.2) is 4.32 Å². The summed E-state index contributed by atoms with van der Waals surface area (Å²) >= 11 is 15.8. The molecule has 7 heteroatoms. The predicted molar refractivity (Wildman–Crippen MR) is 103 cm³/mol. The third-order valence-corrected chi connectivity index (χ3v) is 5.30. The lowest BCUT2D eigenvalue weighted by atomic mass is 10.2. The second-order valence-electron chi connectivity index (χ2n) is 4.71. The maximum absolute atomic E-state index is 12.6. The highest BCUT2D eigenvalue weighted by Gasteiger charge is 2.33. The quantitative estimate of drug-likeness (QED) is 0.528. The molecule has 0 spiro atoms. The van der Waals surface area contributed by atoms with E-state index in [9.17, 15) is 9.90 Å². The summed E-state index contributed by atoms with van der Waals surface area (Å²) in [7, 11) is 0. The van der Waals surface area contributed by atoms with Crippen LogP contribution in [0, 0.1) is 0 Å². The first-order valence-electron chi connectivity index (χ1n) is 6.48. The van der Waals surface area contributed by atoms with Gasteiger partial charge >= 0.3 is 0 Å². The third-order valence-electron chi connectivity index (χ3n) is 3.13. The maximum Gasteiger partial charge on any atom is 0.270 e. The molecule has 1 heterocycles. The second kappa shape index (κ2) is 6.65. The Kier molecular flexibility index (Phi) is 4.77. The first-order chi connectivity index (χ1) is 11.0. The van der Waals surface area contributed by atoms with Crippen LogP contribution in [0.4, 0.5) is 5.69 Å². The van der Waals surface area contributed by atoms with E-state index < -0.39 is 0 Å². The molecular weight excluding hydrogens is 418 g/mol. The molecule has 0 aromatic heterocycles. The van der Waals surface area contributed by atoms with Gasteiger partial charge in [-0.25, -0.2) is 0 Å². The summed E-state index contributed by atoms with van der Waals surface area (Å²) in [5, 5.41) is 10.1. The van der Waals surface area contributed by atoms with Crippen molar-refractivity contribution in [1.29, 1.82) is 0 Å². The Morgan fingerprint density at radius 3 is 2.74 bits per heavy atom. The van der Waals surface area contributed by atoms with Crippen LogP contribution in [0.25, 0.3) is 6.08 Å². The standard InChI is InChI=1S/C16H9BrClNO2S2/c17-12-6-9(4-5-13(12)20)7-14-15(21)19(16(22)23-14)11-3-1-2-10(18)8-11/h1-8,20H/b14-7+. The number of phenolic OH excluding ortho intramolecular Hbond substituents is 1. The highest BCUT2D eigenvalue weighted by atomic mass is 79.9. The molecule has 116 valence electrons. The monoisotopic (exact) mass is 425 g/mol. The Hall–Kier alpha value is -1.34. The van der Waals surface area contributed by atoms with Gasteiger partial charge in [0.1, 0.15) is 5.75 Å². The van der Waals surface area contributed by atoms with Gasteiger partial charge in [0.05, 0.1) is 15.1 Å². The molecular formula is C16H9BrClNO2S2. The molecule has 0 atom stereocenters. The lowest BCUT2D eigenvalue weighted by Gasteiger charge is -2.14. The van der Waals surface area contributed by atoms with Crippen LogP contribution >= 0.6 is 51.5 Å². The summed E-state index contributed by atoms with van der Waals surface area (Å²) in [5.41, 5.74) is 1.44. The summed E-state index contributed by atoms with van der Waals surface area (Å²) in [6.45, 7) is 0. The van der Waals surface area contributed by atoms with Gasteiger partial charge in [0.2, 0.25) is 0 Å². The van der Waals surface area contributed by atoms with E-state index in [2.05, 4.69) is 15.9 Å². The number of thioether (sulfide) groups is 1. The van der Waals surface area contributed by atoms with Crippen molar-refractivity contribution in [3.8, 4) is 5.75 Å². The normalized spacial score (nSPS) is 16.4. The number of halogens is 2. The first-order valence-corrected chi connectivity index (χ1v) is 8.87. The van der Waals surface area contributed by atoms with E-state index in [4.69, 9.17) is 23.8 Å². The minimum absolute atomic E-state index is 0.147. The number of nitrogens with zero attached hydrogens (tertiary/aromatic N) is 1. The number of aromatic hydroxyl groups is 1. The van der Waals surface area contributed by atoms with Gasteiger partial charge in [-0.2, -0.15) is 0 Å². The molecule has 2 aromatic carbocycles. The molecule has 1 aliphatic rings. The van der Waals surface area contributed by atoms with Crippen molar-refractivity contribution in [2.24, 2.45) is 0 Å². The van der Waals surface area contributed by atoms with Crippen LogP contribution in [0.3, 0.4) is 0 Å². The summed E-state index contributed by atoms with van der Waals surface area (Å²) in [6, 6.07) is 12.0. The van der Waals surface area contributed by atoms with E-state index in [0.717, 1.165) is 5.56 Å². The summed E-state index contributed by atoms with van der Waals surface area (Å²) in [4.78, 5) is 14.6. The molecule has 0 aliphatic carbocycles. The fourth-order valence-corrected chi connectivity index (χ4v) is 3.95. The van der Waals surface area contributed by atoms with Crippen LogP contribution in [0.15, 0.2) is 51.8 Å². The van der Waals surface area contributed by atoms with Crippen molar-refractivity contribution in [2.75, 3.05) is 4.90 Å². The smallest absolute Gasteiger partial charge is 0.270 e. The number of amides is 1. The molecule has 0 saturated carbocycles. The van der Waals surface area contributed by atoms with E-state index in [0.29, 0.717) is 24.4 Å². The fourth-order valence-electron chi connectivity index (χ4n) is 2.07. The van der Waals surface area contributed by atoms with Crippen LogP contribution in [0.1, 0.15) is 5.56 Å². The molecule has 2 aromatic rings. The minimum atomic E-state index is -0.188. The Labute approximate surface area is 156 Å². The Bertz CT molecular complexity index is 854. The number of carbonyl (C=O) groups excluding carboxylic acids is 1. The number of hydrogen-bond donors (Lipinski definition) is 1. The highest BCUT2D eigenvalue weighted by Crippen LogP contribution is 2.37. The van der Waals surface area contributed by atoms with Crippen molar-refractivity contribution in [2.45, 2.75) is 0 Å². The molecule has 1 fully saturated rings. The van der Waals surface area contributed by atoms with E-state index in [1.807, 2.05) is 0 Å². The Morgan fingerprint density at radius 2 is 2.04 bits per heavy atom. The predicted octanol–water partition coefficient (Wildman–Crippen LogP) is 5.21. The van der Waals surface area contributed by atoms with Crippen LogP contribution < -0.4 is 4.90 Å². The SMILES string of the molecule is O=C1/C(=C\c2ccc(O)c(Br)c2)SC(=S)N1c1cccc(Cl)c1. The fraction of sp³-hybridized carbons (Fsp3) is 0. The lowest BCUT2D eigenvalue weighted by molar-refractivity contribution is -0.113. The van der Waals surface area contributed by atoms with Crippen molar-refractivity contribution >= 4 is 73.5 Å². The second-order valence-corrected chi connectivity index (χ2v) is 7.67. The van der Waals surface area contributed by atoms with E-state index in [1.165, 1.54) is 16.7 Å². The molecule has 1 N–H and O–H groups in total. The topological polar surface area (TPSA) is 40.5 Å². The number of hydrogen-bond acceptors (Lipinski definition) is 4. The molecule has 0 unspecified atom stereocenters. The Morgan fingerprint density at radius 1 is 1.26 bits per heavy atom. The maximum atomic E-state index is 12.6. The summed E-state index contributed by atoms with van der Waals surface area (Å²) in [5.74, 6) is -0.0416. The van der Waals surface area contributed by atoms with Crippen molar-refractivity contribution in [3.05, 3.63) is 62.4 Å².